The lowest BCUT2D eigenvalue weighted by Crippen LogP contribution is -2.24. The molecule has 0 aromatic rings. The molecule has 1 rings (SSSR count). The van der Waals surface area contributed by atoms with Crippen molar-refractivity contribution in [3.63, 3.8) is 0 Å². The molecule has 0 aromatic carbocycles. The Morgan fingerprint density at radius 3 is 2.42 bits per heavy atom. The second kappa shape index (κ2) is 10.9. The zero-order chi connectivity index (χ0) is 18.0. The predicted molar refractivity (Wildman–Crippen MR) is 97.1 cm³/mol. The van der Waals surface area contributed by atoms with E-state index in [0.717, 1.165) is 6.42 Å². The number of carboxylic acid groups (broad SMARTS) is 1. The molecule has 3 atom stereocenters. The van der Waals surface area contributed by atoms with Crippen LogP contribution in [0.4, 0.5) is 0 Å². The first kappa shape index (κ1) is 21.2. The summed E-state index contributed by atoms with van der Waals surface area (Å²) in [5, 5.41) is 19.2. The van der Waals surface area contributed by atoms with Gasteiger partial charge < -0.3 is 14.9 Å². The summed E-state index contributed by atoms with van der Waals surface area (Å²) >= 11 is 0. The third kappa shape index (κ3) is 8.29. The van der Waals surface area contributed by atoms with Crippen LogP contribution in [0.15, 0.2) is 12.2 Å². The van der Waals surface area contributed by atoms with Crippen molar-refractivity contribution in [1.82, 2.24) is 0 Å². The highest BCUT2D eigenvalue weighted by molar-refractivity contribution is 5.73. The van der Waals surface area contributed by atoms with E-state index in [1.807, 2.05) is 6.08 Å². The van der Waals surface area contributed by atoms with Crippen LogP contribution in [0.2, 0.25) is 0 Å². The van der Waals surface area contributed by atoms with E-state index in [1.54, 1.807) is 13.8 Å². The number of aliphatic hydroxyl groups is 1. The second-order valence-electron chi connectivity index (χ2n) is 7.70. The Morgan fingerprint density at radius 2 is 1.79 bits per heavy atom. The Labute approximate surface area is 147 Å². The third-order valence-corrected chi connectivity index (χ3v) is 4.90. The van der Waals surface area contributed by atoms with Crippen molar-refractivity contribution in [3.05, 3.63) is 12.2 Å². The van der Waals surface area contributed by atoms with Crippen molar-refractivity contribution >= 4 is 5.97 Å². The fourth-order valence-corrected chi connectivity index (χ4v) is 2.86. The van der Waals surface area contributed by atoms with Gasteiger partial charge in [-0.15, -0.1) is 0 Å². The predicted octanol–water partition coefficient (Wildman–Crippen LogP) is 4.70. The summed E-state index contributed by atoms with van der Waals surface area (Å²) in [7, 11) is 0. The molecule has 0 spiro atoms. The van der Waals surface area contributed by atoms with E-state index < -0.39 is 17.5 Å². The number of hydrogen-bond acceptors (Lipinski definition) is 3. The van der Waals surface area contributed by atoms with Gasteiger partial charge in [-0.25, -0.2) is 0 Å². The minimum Gasteiger partial charge on any atom is -0.481 e. The summed E-state index contributed by atoms with van der Waals surface area (Å²) in [6.07, 6.45) is 14.5. The van der Waals surface area contributed by atoms with Gasteiger partial charge in [-0.3, -0.25) is 4.79 Å². The van der Waals surface area contributed by atoms with Crippen LogP contribution in [0, 0.1) is 5.41 Å². The summed E-state index contributed by atoms with van der Waals surface area (Å²) in [4.78, 5) is 11.1. The normalized spacial score (nSPS) is 22.0. The highest BCUT2D eigenvalue weighted by atomic mass is 16.6. The zero-order valence-corrected chi connectivity index (χ0v) is 15.7. The lowest BCUT2D eigenvalue weighted by Gasteiger charge is -2.17. The number of epoxide rings is 1. The lowest BCUT2D eigenvalue weighted by molar-refractivity contribution is -0.147. The Morgan fingerprint density at radius 1 is 1.17 bits per heavy atom. The van der Waals surface area contributed by atoms with Gasteiger partial charge in [-0.2, -0.15) is 0 Å². The topological polar surface area (TPSA) is 70.1 Å². The van der Waals surface area contributed by atoms with Gasteiger partial charge in [0.2, 0.25) is 0 Å². The van der Waals surface area contributed by atoms with E-state index in [9.17, 15) is 9.90 Å². The summed E-state index contributed by atoms with van der Waals surface area (Å²) in [6.45, 7) is 5.69. The molecule has 1 heterocycles. The molecular formula is C20H36O4. The number of carboxylic acids is 1. The minimum atomic E-state index is -0.783. The van der Waals surface area contributed by atoms with Crippen LogP contribution in [0.5, 0.6) is 0 Å². The Balaban J connectivity index is 2.06. The van der Waals surface area contributed by atoms with Gasteiger partial charge in [0.25, 0.3) is 0 Å². The number of carbonyl (C=O) groups is 1. The molecule has 0 aromatic heterocycles. The van der Waals surface area contributed by atoms with E-state index in [0.29, 0.717) is 12.8 Å². The molecule has 1 fully saturated rings. The molecule has 4 nitrogen and oxygen atoms in total. The molecule has 0 amide bonds. The molecule has 4 heteroatoms. The molecule has 0 saturated carbocycles. The van der Waals surface area contributed by atoms with E-state index in [4.69, 9.17) is 9.84 Å². The van der Waals surface area contributed by atoms with Crippen LogP contribution in [0.25, 0.3) is 0 Å². The smallest absolute Gasteiger partial charge is 0.309 e. The molecule has 0 bridgehead atoms. The van der Waals surface area contributed by atoms with Crippen molar-refractivity contribution in [1.29, 1.82) is 0 Å². The van der Waals surface area contributed by atoms with E-state index in [1.165, 1.54) is 44.9 Å². The fourth-order valence-electron chi connectivity index (χ4n) is 2.86. The number of allylic oxidation sites excluding steroid dienone is 1. The fraction of sp³-hybridized carbons (Fsp3) is 0.850. The third-order valence-electron chi connectivity index (χ3n) is 4.90. The number of unbranched alkanes of at least 4 members (excludes halogenated alkanes) is 7. The highest BCUT2D eigenvalue weighted by Gasteiger charge is 2.44. The summed E-state index contributed by atoms with van der Waals surface area (Å²) in [5.74, 6) is -0.783. The van der Waals surface area contributed by atoms with E-state index in [2.05, 4.69) is 13.0 Å². The van der Waals surface area contributed by atoms with Crippen LogP contribution in [-0.2, 0) is 9.53 Å². The van der Waals surface area contributed by atoms with Crippen LogP contribution >= 0.6 is 0 Å². The maximum atomic E-state index is 11.1. The molecule has 2 N–H and O–H groups in total. The monoisotopic (exact) mass is 340 g/mol. The van der Waals surface area contributed by atoms with E-state index >= 15 is 0 Å². The van der Waals surface area contributed by atoms with Crippen LogP contribution in [0.1, 0.15) is 85.0 Å². The highest BCUT2D eigenvalue weighted by Crippen LogP contribution is 2.34. The molecule has 24 heavy (non-hydrogen) atoms. The standard InChI is InChI=1S/C20H36O4/c1-4-5-6-7-8-9-10-11-12-13-16(21)18-17(24-18)14-15-20(2,3)19(22)23/h12-13,16-18,21H,4-11,14-15H2,1-3H3,(H,22,23)/b13-12-. The number of aliphatic hydroxyl groups excluding tert-OH is 1. The number of rotatable bonds is 14. The first-order valence-corrected chi connectivity index (χ1v) is 9.62. The first-order chi connectivity index (χ1) is 11.4. The van der Waals surface area contributed by atoms with Gasteiger partial charge in [0.15, 0.2) is 0 Å². The lowest BCUT2D eigenvalue weighted by atomic mass is 9.87. The maximum absolute atomic E-state index is 11.1. The van der Waals surface area contributed by atoms with Gasteiger partial charge in [0.05, 0.1) is 11.5 Å². The van der Waals surface area contributed by atoms with Crippen molar-refractivity contribution in [2.45, 2.75) is 103 Å². The number of aliphatic carboxylic acids is 1. The average molecular weight is 341 g/mol. The number of hydrogen-bond donors (Lipinski definition) is 2. The second-order valence-corrected chi connectivity index (χ2v) is 7.70. The SMILES string of the molecule is CCCCCCCCC/C=C\C(O)C1OC1CCC(C)(C)C(=O)O. The molecule has 140 valence electrons. The molecule has 1 saturated heterocycles. The van der Waals surface area contributed by atoms with Crippen molar-refractivity contribution in [3.8, 4) is 0 Å². The molecule has 1 aliphatic rings. The van der Waals surface area contributed by atoms with Crippen LogP contribution in [-0.4, -0.2) is 34.5 Å². The van der Waals surface area contributed by atoms with Gasteiger partial charge in [-0.05, 0) is 39.5 Å². The van der Waals surface area contributed by atoms with Crippen LogP contribution in [0.3, 0.4) is 0 Å². The largest absolute Gasteiger partial charge is 0.481 e. The van der Waals surface area contributed by atoms with Crippen molar-refractivity contribution < 1.29 is 19.7 Å². The first-order valence-electron chi connectivity index (χ1n) is 9.62. The Hall–Kier alpha value is -0.870. The summed E-state index contributed by atoms with van der Waals surface area (Å²) in [5.41, 5.74) is -0.728. The molecule has 0 radical (unpaired) electrons. The molecule has 3 unspecified atom stereocenters. The van der Waals surface area contributed by atoms with Gasteiger partial charge >= 0.3 is 5.97 Å². The van der Waals surface area contributed by atoms with Crippen molar-refractivity contribution in [2.75, 3.05) is 0 Å². The number of ether oxygens (including phenoxy) is 1. The quantitative estimate of drug-likeness (QED) is 0.273. The Bertz CT molecular complexity index is 389. The average Bonchev–Trinajstić information content (AvgIpc) is 3.31. The van der Waals surface area contributed by atoms with Gasteiger partial charge in [0.1, 0.15) is 12.2 Å². The van der Waals surface area contributed by atoms with Crippen LogP contribution < -0.4 is 0 Å². The maximum Gasteiger partial charge on any atom is 0.309 e. The van der Waals surface area contributed by atoms with Gasteiger partial charge in [-0.1, -0.05) is 57.6 Å². The van der Waals surface area contributed by atoms with E-state index in [-0.39, 0.29) is 12.2 Å². The van der Waals surface area contributed by atoms with Gasteiger partial charge in [0, 0.05) is 0 Å². The molecule has 1 aliphatic heterocycles. The summed E-state index contributed by atoms with van der Waals surface area (Å²) in [6, 6.07) is 0. The van der Waals surface area contributed by atoms with Crippen molar-refractivity contribution in [2.24, 2.45) is 5.41 Å². The molecule has 0 aliphatic carbocycles. The Kier molecular flexibility index (Phi) is 9.60. The molecular weight excluding hydrogens is 304 g/mol. The zero-order valence-electron chi connectivity index (χ0n) is 15.7. The minimum absolute atomic E-state index is 0.00170. The summed E-state index contributed by atoms with van der Waals surface area (Å²) < 4.78 is 5.49.